The number of carbonyl (C=O) groups is 2. The van der Waals surface area contributed by atoms with E-state index in [4.69, 9.17) is 9.47 Å². The van der Waals surface area contributed by atoms with Crippen molar-refractivity contribution in [2.45, 2.75) is 23.8 Å². The van der Waals surface area contributed by atoms with Gasteiger partial charge in [0.15, 0.2) is 6.61 Å². The third kappa shape index (κ3) is 6.40. The maximum atomic E-state index is 12.8. The van der Waals surface area contributed by atoms with Crippen molar-refractivity contribution in [3.63, 3.8) is 0 Å². The van der Waals surface area contributed by atoms with Crippen LogP contribution in [0.1, 0.15) is 12.8 Å². The predicted octanol–water partition coefficient (Wildman–Crippen LogP) is -0.0576. The fraction of sp³-hybridized carbons (Fsp3) is 0.467. The highest BCUT2D eigenvalue weighted by Crippen LogP contribution is 2.10. The monoisotopic (exact) mass is 374 g/mol. The van der Waals surface area contributed by atoms with Crippen molar-refractivity contribution in [3.8, 4) is 0 Å². The zero-order valence-electron chi connectivity index (χ0n) is 13.4. The second-order valence-corrected chi connectivity index (χ2v) is 7.15. The molecule has 1 aliphatic rings. The topological polar surface area (TPSA) is 111 Å². The second-order valence-electron chi connectivity index (χ2n) is 5.38. The molecule has 0 aliphatic carbocycles. The molecule has 2 N–H and O–H groups in total. The number of carbonyl (C=O) groups excluding carboxylic acids is 2. The van der Waals surface area contributed by atoms with E-state index in [0.29, 0.717) is 13.2 Å². The zero-order chi connectivity index (χ0) is 18.3. The number of benzene rings is 1. The van der Waals surface area contributed by atoms with E-state index in [1.54, 1.807) is 0 Å². The third-order valence-electron chi connectivity index (χ3n) is 3.45. The van der Waals surface area contributed by atoms with Crippen LogP contribution in [0.3, 0.4) is 0 Å². The number of hydrogen-bond acceptors (Lipinski definition) is 6. The maximum Gasteiger partial charge on any atom is 0.321 e. The summed E-state index contributed by atoms with van der Waals surface area (Å²) in [7, 11) is -3.97. The van der Waals surface area contributed by atoms with E-state index in [2.05, 4.69) is 5.32 Å². The minimum Gasteiger partial charge on any atom is -0.455 e. The molecular weight excluding hydrogens is 355 g/mol. The number of sulfonamides is 1. The first-order chi connectivity index (χ1) is 11.9. The van der Waals surface area contributed by atoms with Crippen LogP contribution >= 0.6 is 0 Å². The summed E-state index contributed by atoms with van der Waals surface area (Å²) < 4.78 is 48.6. The van der Waals surface area contributed by atoms with Crippen LogP contribution in [0.25, 0.3) is 0 Å². The van der Waals surface area contributed by atoms with E-state index in [0.717, 1.165) is 37.1 Å². The Morgan fingerprint density at radius 2 is 2.00 bits per heavy atom. The first-order valence-corrected chi connectivity index (χ1v) is 9.14. The van der Waals surface area contributed by atoms with Gasteiger partial charge in [0.1, 0.15) is 12.4 Å². The van der Waals surface area contributed by atoms with Crippen LogP contribution < -0.4 is 10.0 Å². The molecule has 25 heavy (non-hydrogen) atoms. The van der Waals surface area contributed by atoms with E-state index in [9.17, 15) is 22.4 Å². The summed E-state index contributed by atoms with van der Waals surface area (Å²) in [6.45, 7) is -0.139. The molecule has 138 valence electrons. The molecule has 1 fully saturated rings. The number of amides is 1. The third-order valence-corrected chi connectivity index (χ3v) is 4.86. The van der Waals surface area contributed by atoms with Gasteiger partial charge in [0.25, 0.3) is 5.91 Å². The molecule has 0 unspecified atom stereocenters. The summed E-state index contributed by atoms with van der Waals surface area (Å²) in [5, 5.41) is 2.57. The van der Waals surface area contributed by atoms with E-state index < -0.39 is 40.9 Å². The molecule has 1 saturated heterocycles. The summed E-state index contributed by atoms with van der Waals surface area (Å²) in [6, 6.07) is 4.12. The summed E-state index contributed by atoms with van der Waals surface area (Å²) in [5.74, 6) is -1.98. The van der Waals surface area contributed by atoms with Crippen LogP contribution in [0.15, 0.2) is 29.2 Å². The van der Waals surface area contributed by atoms with Gasteiger partial charge in [-0.1, -0.05) is 0 Å². The van der Waals surface area contributed by atoms with Gasteiger partial charge >= 0.3 is 5.97 Å². The molecule has 8 nitrogen and oxygen atoms in total. The number of ether oxygens (including phenoxy) is 2. The van der Waals surface area contributed by atoms with Gasteiger partial charge in [-0.05, 0) is 37.1 Å². The minimum absolute atomic E-state index is 0.0258. The molecule has 10 heteroatoms. The summed E-state index contributed by atoms with van der Waals surface area (Å²) >= 11 is 0. The zero-order valence-corrected chi connectivity index (χ0v) is 14.2. The number of esters is 1. The van der Waals surface area contributed by atoms with Crippen LogP contribution in [0.2, 0.25) is 0 Å². The molecule has 1 aliphatic heterocycles. The van der Waals surface area contributed by atoms with Crippen LogP contribution in [0.4, 0.5) is 4.39 Å². The molecule has 2 rings (SSSR count). The summed E-state index contributed by atoms with van der Waals surface area (Å²) in [6.07, 6.45) is 1.79. The Balaban J connectivity index is 1.69. The number of nitrogens with one attached hydrogen (secondary N) is 2. The SMILES string of the molecule is O=C(COC(=O)CNS(=O)(=O)c1ccc(F)cc1)NC[C@@H]1CCCO1. The molecule has 0 aromatic heterocycles. The molecule has 0 bridgehead atoms. The van der Waals surface area contributed by atoms with Gasteiger partial charge in [-0.3, -0.25) is 9.59 Å². The minimum atomic E-state index is -3.97. The highest BCUT2D eigenvalue weighted by Gasteiger charge is 2.18. The fourth-order valence-electron chi connectivity index (χ4n) is 2.13. The Bertz CT molecular complexity index is 701. The summed E-state index contributed by atoms with van der Waals surface area (Å²) in [5.41, 5.74) is 0. The van der Waals surface area contributed by atoms with Crippen molar-refractivity contribution in [2.75, 3.05) is 26.3 Å². The lowest BCUT2D eigenvalue weighted by Gasteiger charge is -2.11. The Morgan fingerprint density at radius 3 is 2.64 bits per heavy atom. The summed E-state index contributed by atoms with van der Waals surface area (Å²) in [4.78, 5) is 22.9. The molecular formula is C15H19FN2O6S. The highest BCUT2D eigenvalue weighted by molar-refractivity contribution is 7.89. The smallest absolute Gasteiger partial charge is 0.321 e. The quantitative estimate of drug-likeness (QED) is 0.617. The van der Waals surface area contributed by atoms with Crippen molar-refractivity contribution in [1.29, 1.82) is 0 Å². The lowest BCUT2D eigenvalue weighted by Crippen LogP contribution is -2.36. The molecule has 1 amide bonds. The van der Waals surface area contributed by atoms with E-state index in [1.165, 1.54) is 0 Å². The second kappa shape index (κ2) is 8.88. The lowest BCUT2D eigenvalue weighted by atomic mass is 10.2. The van der Waals surface area contributed by atoms with Crippen molar-refractivity contribution >= 4 is 21.9 Å². The molecule has 0 spiro atoms. The first kappa shape index (κ1) is 19.3. The van der Waals surface area contributed by atoms with Crippen LogP contribution in [0.5, 0.6) is 0 Å². The largest absolute Gasteiger partial charge is 0.455 e. The number of halogens is 1. The van der Waals surface area contributed by atoms with Gasteiger partial charge in [0.2, 0.25) is 10.0 Å². The van der Waals surface area contributed by atoms with Crippen LogP contribution in [-0.2, 0) is 29.1 Å². The predicted molar refractivity (Wildman–Crippen MR) is 84.5 cm³/mol. The first-order valence-electron chi connectivity index (χ1n) is 7.66. The Labute approximate surface area is 144 Å². The Kier molecular flexibility index (Phi) is 6.85. The molecule has 1 atom stereocenters. The van der Waals surface area contributed by atoms with Crippen LogP contribution in [-0.4, -0.2) is 52.7 Å². The maximum absolute atomic E-state index is 12.8. The van der Waals surface area contributed by atoms with Gasteiger partial charge in [0.05, 0.1) is 11.0 Å². The molecule has 1 heterocycles. The molecule has 1 aromatic carbocycles. The highest BCUT2D eigenvalue weighted by atomic mass is 32.2. The van der Waals surface area contributed by atoms with E-state index in [1.807, 2.05) is 4.72 Å². The van der Waals surface area contributed by atoms with Gasteiger partial charge in [-0.2, -0.15) is 4.72 Å². The molecule has 0 radical (unpaired) electrons. The Morgan fingerprint density at radius 1 is 1.28 bits per heavy atom. The van der Waals surface area contributed by atoms with E-state index in [-0.39, 0.29) is 11.0 Å². The van der Waals surface area contributed by atoms with Gasteiger partial charge in [-0.25, -0.2) is 12.8 Å². The van der Waals surface area contributed by atoms with Gasteiger partial charge in [-0.15, -0.1) is 0 Å². The average Bonchev–Trinajstić information content (AvgIpc) is 3.10. The van der Waals surface area contributed by atoms with Crippen molar-refractivity contribution in [1.82, 2.24) is 10.0 Å². The standard InChI is InChI=1S/C15H19FN2O6S/c16-11-3-5-13(6-4-11)25(21,22)18-9-15(20)24-10-14(19)17-8-12-2-1-7-23-12/h3-6,12,18H,1-2,7-10H2,(H,17,19)/t12-/m0/s1. The van der Waals surface area contributed by atoms with E-state index >= 15 is 0 Å². The van der Waals surface area contributed by atoms with Gasteiger partial charge in [0, 0.05) is 13.2 Å². The van der Waals surface area contributed by atoms with Crippen molar-refractivity contribution in [2.24, 2.45) is 0 Å². The fourth-order valence-corrected chi connectivity index (χ4v) is 3.10. The number of hydrogen-bond donors (Lipinski definition) is 2. The average molecular weight is 374 g/mol. The molecule has 1 aromatic rings. The number of rotatable bonds is 8. The Hall–Kier alpha value is -2.04. The van der Waals surface area contributed by atoms with Crippen LogP contribution in [0, 0.1) is 5.82 Å². The molecule has 0 saturated carbocycles. The normalized spacial score (nSPS) is 17.2. The van der Waals surface area contributed by atoms with Crippen molar-refractivity contribution < 1.29 is 31.9 Å². The van der Waals surface area contributed by atoms with Crippen molar-refractivity contribution in [3.05, 3.63) is 30.1 Å². The van der Waals surface area contributed by atoms with Gasteiger partial charge < -0.3 is 14.8 Å². The lowest BCUT2D eigenvalue weighted by molar-refractivity contribution is -0.147.